The summed E-state index contributed by atoms with van der Waals surface area (Å²) in [6.07, 6.45) is 11.1. The predicted octanol–water partition coefficient (Wildman–Crippen LogP) is 6.98. The molecular weight excluding hydrogens is 640 g/mol. The van der Waals surface area contributed by atoms with Crippen molar-refractivity contribution in [2.45, 2.75) is 139 Å². The second kappa shape index (κ2) is 13.4. The maximum atomic E-state index is 14.2. The van der Waals surface area contributed by atoms with Gasteiger partial charge < -0.3 is 24.8 Å². The van der Waals surface area contributed by atoms with Crippen molar-refractivity contribution in [1.29, 1.82) is 0 Å². The topological polar surface area (TPSA) is 157 Å². The Hall–Kier alpha value is -2.69. The minimum atomic E-state index is -0.963. The van der Waals surface area contributed by atoms with Gasteiger partial charge in [-0.1, -0.05) is 74.0 Å². The van der Waals surface area contributed by atoms with E-state index in [-0.39, 0.29) is 64.2 Å². The third-order valence-electron chi connectivity index (χ3n) is 15.1. The summed E-state index contributed by atoms with van der Waals surface area (Å²) in [5.41, 5.74) is 6.52. The van der Waals surface area contributed by atoms with Crippen molar-refractivity contribution in [2.75, 3.05) is 19.8 Å². The zero-order valence-corrected chi connectivity index (χ0v) is 31.9. The molecule has 11 nitrogen and oxygen atoms in total. The molecule has 0 saturated heterocycles. The highest BCUT2D eigenvalue weighted by Gasteiger charge is 2.69. The van der Waals surface area contributed by atoms with Gasteiger partial charge in [0.1, 0.15) is 25.4 Å². The molecule has 0 bridgehead atoms. The van der Waals surface area contributed by atoms with Crippen LogP contribution < -0.4 is 5.73 Å². The lowest BCUT2D eigenvalue weighted by atomic mass is 9.33. The van der Waals surface area contributed by atoms with Gasteiger partial charge in [-0.2, -0.15) is 0 Å². The molecule has 0 radical (unpaired) electrons. The Balaban J connectivity index is 1.38. The second-order valence-electron chi connectivity index (χ2n) is 18.8. The summed E-state index contributed by atoms with van der Waals surface area (Å²) in [6, 6.07) is -0.701. The number of nitrogens with two attached hydrogens (primary N) is 1. The molecule has 0 aromatic rings. The van der Waals surface area contributed by atoms with E-state index in [9.17, 15) is 24.5 Å². The predicted molar refractivity (Wildman–Crippen MR) is 187 cm³/mol. The van der Waals surface area contributed by atoms with Gasteiger partial charge in [0.2, 0.25) is 0 Å². The van der Waals surface area contributed by atoms with Crippen molar-refractivity contribution in [3.8, 4) is 0 Å². The average Bonchev–Trinajstić information content (AvgIpc) is 3.02. The van der Waals surface area contributed by atoms with Gasteiger partial charge in [0.25, 0.3) is 5.09 Å². The van der Waals surface area contributed by atoms with Crippen LogP contribution >= 0.6 is 0 Å². The molecule has 0 unspecified atom stereocenters. The first kappa shape index (κ1) is 38.5. The van der Waals surface area contributed by atoms with E-state index < -0.39 is 35.1 Å². The van der Waals surface area contributed by atoms with E-state index >= 15 is 0 Å². The van der Waals surface area contributed by atoms with Crippen LogP contribution in [-0.4, -0.2) is 55.0 Å². The van der Waals surface area contributed by atoms with Gasteiger partial charge in [-0.25, -0.2) is 4.79 Å². The Morgan fingerprint density at radius 3 is 2.24 bits per heavy atom. The fourth-order valence-electron chi connectivity index (χ4n) is 11.9. The number of hydrogen-bond donors (Lipinski definition) is 1. The number of nitrogens with zero attached hydrogens (tertiary/aromatic N) is 1. The van der Waals surface area contributed by atoms with Crippen LogP contribution in [0.1, 0.15) is 127 Å². The zero-order chi connectivity index (χ0) is 37.1. The van der Waals surface area contributed by atoms with Crippen molar-refractivity contribution in [2.24, 2.45) is 61.9 Å². The maximum absolute atomic E-state index is 14.2. The minimum Gasteiger partial charge on any atom is -0.462 e. The molecule has 2 N–H and O–H groups in total. The van der Waals surface area contributed by atoms with Gasteiger partial charge in [0.15, 0.2) is 6.61 Å². The number of hydrogen-bond acceptors (Lipinski definition) is 10. The first-order chi connectivity index (χ1) is 23.1. The number of allylic oxidation sites excluding steroid dienone is 2. The van der Waals surface area contributed by atoms with E-state index in [4.69, 9.17) is 19.9 Å². The first-order valence-electron chi connectivity index (χ1n) is 18.9. The smallest absolute Gasteiger partial charge is 0.332 e. The molecule has 0 heterocycles. The molecule has 0 aliphatic heterocycles. The van der Waals surface area contributed by atoms with Crippen molar-refractivity contribution in [1.82, 2.24) is 0 Å². The molecule has 5 aliphatic rings. The van der Waals surface area contributed by atoms with Crippen LogP contribution in [0.5, 0.6) is 0 Å². The number of fused-ring (bicyclic) bond motifs is 7. The Bertz CT molecular complexity index is 1390. The molecule has 11 heteroatoms. The fourth-order valence-corrected chi connectivity index (χ4v) is 11.9. The van der Waals surface area contributed by atoms with Crippen LogP contribution in [0, 0.1) is 66.3 Å². The monoisotopic (exact) mass is 702 g/mol. The zero-order valence-electron chi connectivity index (χ0n) is 31.9. The average molecular weight is 703 g/mol. The largest absolute Gasteiger partial charge is 0.462 e. The van der Waals surface area contributed by atoms with E-state index in [1.807, 2.05) is 13.8 Å². The summed E-state index contributed by atoms with van der Waals surface area (Å²) in [6.45, 7) is 19.5. The maximum Gasteiger partial charge on any atom is 0.332 e. The molecule has 0 aromatic carbocycles. The quantitative estimate of drug-likeness (QED) is 0.0629. The van der Waals surface area contributed by atoms with Gasteiger partial charge in [-0.3, -0.25) is 9.59 Å². The molecular formula is C39H62N2O9. The van der Waals surface area contributed by atoms with Crippen LogP contribution in [0.25, 0.3) is 0 Å². The molecule has 9 atom stereocenters. The SMILES string of the molecule is CC(C)[C@H](N)C(=O)OCCOC(=O)[C@]12CCC(C)(C)C[C@H]1C1=CC[C@@H]3[C@@]4(C)CC[C@H](OC(=O)CO[N+](=O)[O-])C(C)(C)[C@@H]4CC[C@@]3(C)[C@]1(C)CC2. The van der Waals surface area contributed by atoms with Gasteiger partial charge in [-0.15, -0.1) is 10.1 Å². The molecule has 5 aliphatic carbocycles. The number of carbonyl (C=O) groups is 3. The Labute approximate surface area is 298 Å². The molecule has 0 spiro atoms. The van der Waals surface area contributed by atoms with E-state index in [0.29, 0.717) is 18.3 Å². The normalized spacial score (nSPS) is 38.9. The third kappa shape index (κ3) is 6.36. The highest BCUT2D eigenvalue weighted by molar-refractivity contribution is 5.79. The highest BCUT2D eigenvalue weighted by Crippen LogP contribution is 2.76. The summed E-state index contributed by atoms with van der Waals surface area (Å²) in [7, 11) is 0. The van der Waals surface area contributed by atoms with Crippen molar-refractivity contribution >= 4 is 17.9 Å². The van der Waals surface area contributed by atoms with Gasteiger partial charge in [-0.05, 0) is 110 Å². The van der Waals surface area contributed by atoms with Crippen LogP contribution in [0.15, 0.2) is 11.6 Å². The lowest BCUT2D eigenvalue weighted by Crippen LogP contribution is -2.65. The fraction of sp³-hybridized carbons (Fsp3) is 0.872. The van der Waals surface area contributed by atoms with Crippen LogP contribution in [0.2, 0.25) is 0 Å². The number of carbonyl (C=O) groups excluding carboxylic acids is 3. The summed E-state index contributed by atoms with van der Waals surface area (Å²) in [5.74, 6) is -0.552. The van der Waals surface area contributed by atoms with E-state index in [1.165, 1.54) is 5.57 Å². The summed E-state index contributed by atoms with van der Waals surface area (Å²) in [5, 5.41) is 9.68. The van der Waals surface area contributed by atoms with Crippen molar-refractivity contribution in [3.63, 3.8) is 0 Å². The lowest BCUT2D eigenvalue weighted by Gasteiger charge is -2.71. The Kier molecular flexibility index (Phi) is 10.3. The van der Waals surface area contributed by atoms with E-state index in [2.05, 4.69) is 59.4 Å². The molecule has 0 aromatic heterocycles. The van der Waals surface area contributed by atoms with Gasteiger partial charge in [0, 0.05) is 5.41 Å². The van der Waals surface area contributed by atoms with Crippen LogP contribution in [0.4, 0.5) is 0 Å². The van der Waals surface area contributed by atoms with E-state index in [0.717, 1.165) is 57.8 Å². The van der Waals surface area contributed by atoms with Crippen molar-refractivity contribution in [3.05, 3.63) is 21.8 Å². The Morgan fingerprint density at radius 1 is 0.920 bits per heavy atom. The molecule has 282 valence electrons. The van der Waals surface area contributed by atoms with Gasteiger partial charge >= 0.3 is 17.9 Å². The minimum absolute atomic E-state index is 0.000211. The standard InChI is InChI=1S/C39H62N2O9/c1-24(2)31(40)32(43)47-20-21-48-33(44)39-18-16-34(3,4)22-26(39)25-10-11-28-36(7)14-13-29(50-30(42)23-49-41(45)46)35(5,6)27(36)12-15-38(28,9)37(25,8)17-19-39/h10,24,26-29,31H,11-23,40H2,1-9H3/t26-,27-,28+,29-,31-,36-,37+,38+,39-/m0/s1. The van der Waals surface area contributed by atoms with Crippen LogP contribution in [0.3, 0.4) is 0 Å². The van der Waals surface area contributed by atoms with Crippen molar-refractivity contribution < 1.29 is 38.5 Å². The highest BCUT2D eigenvalue weighted by atomic mass is 17.0. The summed E-state index contributed by atoms with van der Waals surface area (Å²) in [4.78, 5) is 53.9. The second-order valence-corrected chi connectivity index (χ2v) is 18.8. The number of ether oxygens (including phenoxy) is 3. The van der Waals surface area contributed by atoms with Gasteiger partial charge in [0.05, 0.1) is 5.41 Å². The number of esters is 3. The molecule has 4 saturated carbocycles. The van der Waals surface area contributed by atoms with Crippen LogP contribution in [-0.2, 0) is 33.4 Å². The lowest BCUT2D eigenvalue weighted by molar-refractivity contribution is -0.754. The molecule has 4 fully saturated rings. The molecule has 0 amide bonds. The summed E-state index contributed by atoms with van der Waals surface area (Å²) < 4.78 is 17.1. The Morgan fingerprint density at radius 2 is 1.58 bits per heavy atom. The molecule has 5 rings (SSSR count). The number of rotatable bonds is 10. The molecule has 50 heavy (non-hydrogen) atoms. The summed E-state index contributed by atoms with van der Waals surface area (Å²) >= 11 is 0. The van der Waals surface area contributed by atoms with E-state index in [1.54, 1.807) is 0 Å². The third-order valence-corrected chi connectivity index (χ3v) is 15.1. The first-order valence-corrected chi connectivity index (χ1v) is 18.9.